The average Bonchev–Trinajstić information content (AvgIpc) is 2.59. The summed E-state index contributed by atoms with van der Waals surface area (Å²) in [5, 5.41) is 5.79. The van der Waals surface area contributed by atoms with Crippen LogP contribution in [-0.4, -0.2) is 66.9 Å². The van der Waals surface area contributed by atoms with E-state index in [9.17, 15) is 14.0 Å². The fourth-order valence-corrected chi connectivity index (χ4v) is 3.07. The second-order valence-corrected chi connectivity index (χ2v) is 6.86. The van der Waals surface area contributed by atoms with Gasteiger partial charge >= 0.3 is 0 Å². The predicted molar refractivity (Wildman–Crippen MR) is 100 cm³/mol. The summed E-state index contributed by atoms with van der Waals surface area (Å²) in [7, 11) is 0. The van der Waals surface area contributed by atoms with Crippen LogP contribution >= 0.6 is 0 Å². The lowest BCUT2D eigenvalue weighted by Gasteiger charge is -2.34. The minimum atomic E-state index is -0.327. The van der Waals surface area contributed by atoms with Crippen molar-refractivity contribution in [2.24, 2.45) is 0 Å². The molecule has 0 aromatic heterocycles. The Hall–Kier alpha value is -1.99. The number of hydrogen-bond acceptors (Lipinski definition) is 4. The molecule has 0 radical (unpaired) electrons. The third-order valence-corrected chi connectivity index (χ3v) is 4.46. The molecule has 1 heterocycles. The number of nitrogens with one attached hydrogen (secondary N) is 2. The van der Waals surface area contributed by atoms with Gasteiger partial charge in [-0.15, -0.1) is 0 Å². The summed E-state index contributed by atoms with van der Waals surface area (Å²) in [5.74, 6) is -0.378. The highest BCUT2D eigenvalue weighted by atomic mass is 19.1. The number of hydrogen-bond donors (Lipinski definition) is 2. The van der Waals surface area contributed by atoms with Crippen LogP contribution in [0.5, 0.6) is 0 Å². The molecule has 0 aliphatic carbocycles. The van der Waals surface area contributed by atoms with Crippen LogP contribution in [0.4, 0.5) is 10.1 Å². The fourth-order valence-electron chi connectivity index (χ4n) is 3.07. The molecular weight excluding hydrogens is 335 g/mol. The maximum atomic E-state index is 12.9. The van der Waals surface area contributed by atoms with Crippen LogP contribution in [0.1, 0.15) is 26.7 Å². The first-order valence-electron chi connectivity index (χ1n) is 9.25. The zero-order valence-electron chi connectivity index (χ0n) is 15.6. The molecule has 6 nitrogen and oxygen atoms in total. The summed E-state index contributed by atoms with van der Waals surface area (Å²) < 4.78 is 12.9. The van der Waals surface area contributed by atoms with Crippen LogP contribution in [0.3, 0.4) is 0 Å². The lowest BCUT2D eigenvalue weighted by atomic mass is 10.2. The van der Waals surface area contributed by atoms with Crippen molar-refractivity contribution in [3.8, 4) is 0 Å². The molecule has 1 unspecified atom stereocenters. The van der Waals surface area contributed by atoms with Crippen molar-refractivity contribution in [2.75, 3.05) is 44.6 Å². The molecule has 1 aliphatic heterocycles. The SMILES string of the molecule is CCCC(C)NC(=O)CN1CCN(CC(=O)Nc2ccc(F)cc2)CC1. The van der Waals surface area contributed by atoms with Gasteiger partial charge in [-0.25, -0.2) is 4.39 Å². The first-order valence-corrected chi connectivity index (χ1v) is 9.25. The summed E-state index contributed by atoms with van der Waals surface area (Å²) in [6.07, 6.45) is 2.04. The molecule has 7 heteroatoms. The zero-order valence-corrected chi connectivity index (χ0v) is 15.6. The van der Waals surface area contributed by atoms with Gasteiger partial charge in [0.25, 0.3) is 0 Å². The molecule has 0 spiro atoms. The van der Waals surface area contributed by atoms with Gasteiger partial charge in [0.2, 0.25) is 11.8 Å². The van der Waals surface area contributed by atoms with Gasteiger partial charge in [-0.2, -0.15) is 0 Å². The van der Waals surface area contributed by atoms with Gasteiger partial charge in [0, 0.05) is 37.9 Å². The molecule has 26 heavy (non-hydrogen) atoms. The first kappa shape index (κ1) is 20.3. The van der Waals surface area contributed by atoms with E-state index in [-0.39, 0.29) is 23.7 Å². The number of amides is 2. The molecule has 1 atom stereocenters. The maximum absolute atomic E-state index is 12.9. The lowest BCUT2D eigenvalue weighted by Crippen LogP contribution is -2.51. The van der Waals surface area contributed by atoms with Crippen molar-refractivity contribution >= 4 is 17.5 Å². The zero-order chi connectivity index (χ0) is 18.9. The number of anilines is 1. The summed E-state index contributed by atoms with van der Waals surface area (Å²) >= 11 is 0. The largest absolute Gasteiger partial charge is 0.353 e. The predicted octanol–water partition coefficient (Wildman–Crippen LogP) is 1.69. The summed E-state index contributed by atoms with van der Waals surface area (Å²) in [5.41, 5.74) is 0.591. The number of benzene rings is 1. The van der Waals surface area contributed by atoms with Crippen molar-refractivity contribution < 1.29 is 14.0 Å². The Morgan fingerprint density at radius 1 is 1.04 bits per heavy atom. The summed E-state index contributed by atoms with van der Waals surface area (Å²) in [6, 6.07) is 5.94. The molecule has 1 aliphatic rings. The average molecular weight is 364 g/mol. The second kappa shape index (κ2) is 10.2. The molecule has 2 amide bonds. The van der Waals surface area contributed by atoms with Crippen molar-refractivity contribution in [2.45, 2.75) is 32.7 Å². The Bertz CT molecular complexity index is 586. The van der Waals surface area contributed by atoms with Gasteiger partial charge in [0.05, 0.1) is 13.1 Å². The van der Waals surface area contributed by atoms with E-state index in [1.165, 1.54) is 12.1 Å². The molecule has 1 aromatic carbocycles. The molecule has 144 valence electrons. The van der Waals surface area contributed by atoms with Crippen LogP contribution in [0.15, 0.2) is 24.3 Å². The molecule has 2 rings (SSSR count). The number of carbonyl (C=O) groups excluding carboxylic acids is 2. The first-order chi connectivity index (χ1) is 12.5. The summed E-state index contributed by atoms with van der Waals surface area (Å²) in [6.45, 7) is 7.85. The Morgan fingerprint density at radius 2 is 1.58 bits per heavy atom. The number of rotatable bonds is 8. The quantitative estimate of drug-likeness (QED) is 0.737. The van der Waals surface area contributed by atoms with E-state index in [0.717, 1.165) is 39.0 Å². The minimum Gasteiger partial charge on any atom is -0.353 e. The van der Waals surface area contributed by atoms with E-state index in [1.807, 2.05) is 6.92 Å². The van der Waals surface area contributed by atoms with Crippen LogP contribution < -0.4 is 10.6 Å². The highest BCUT2D eigenvalue weighted by Gasteiger charge is 2.21. The number of halogens is 1. The number of nitrogens with zero attached hydrogens (tertiary/aromatic N) is 2. The van der Waals surface area contributed by atoms with Crippen LogP contribution in [0, 0.1) is 5.82 Å². The highest BCUT2D eigenvalue weighted by molar-refractivity contribution is 5.92. The van der Waals surface area contributed by atoms with E-state index < -0.39 is 0 Å². The van der Waals surface area contributed by atoms with Crippen LogP contribution in [0.25, 0.3) is 0 Å². The molecule has 1 fully saturated rings. The summed E-state index contributed by atoms with van der Waals surface area (Å²) in [4.78, 5) is 28.3. The van der Waals surface area contributed by atoms with Crippen molar-refractivity contribution in [3.63, 3.8) is 0 Å². The normalized spacial score (nSPS) is 16.9. The van der Waals surface area contributed by atoms with Crippen molar-refractivity contribution in [1.82, 2.24) is 15.1 Å². The molecule has 1 saturated heterocycles. The standard InChI is InChI=1S/C19H29FN4O2/c1-3-4-15(2)21-18(25)13-23-9-11-24(12-10-23)14-19(26)22-17-7-5-16(20)6-8-17/h5-8,15H,3-4,9-14H2,1-2H3,(H,21,25)(H,22,26). The Balaban J connectivity index is 1.67. The molecule has 2 N–H and O–H groups in total. The lowest BCUT2D eigenvalue weighted by molar-refractivity contribution is -0.124. The van der Waals surface area contributed by atoms with E-state index >= 15 is 0 Å². The Kier molecular flexibility index (Phi) is 8.00. The Labute approximate surface area is 154 Å². The molecular formula is C19H29FN4O2. The highest BCUT2D eigenvalue weighted by Crippen LogP contribution is 2.09. The van der Waals surface area contributed by atoms with Gasteiger partial charge in [0.1, 0.15) is 5.82 Å². The molecule has 0 saturated carbocycles. The van der Waals surface area contributed by atoms with E-state index in [0.29, 0.717) is 18.8 Å². The maximum Gasteiger partial charge on any atom is 0.238 e. The molecule has 1 aromatic rings. The second-order valence-electron chi connectivity index (χ2n) is 6.86. The van der Waals surface area contributed by atoms with Crippen molar-refractivity contribution in [3.05, 3.63) is 30.1 Å². The number of carbonyl (C=O) groups is 2. The Morgan fingerprint density at radius 3 is 2.12 bits per heavy atom. The van der Waals surface area contributed by atoms with Gasteiger partial charge < -0.3 is 10.6 Å². The monoisotopic (exact) mass is 364 g/mol. The van der Waals surface area contributed by atoms with Gasteiger partial charge in [-0.1, -0.05) is 13.3 Å². The van der Waals surface area contributed by atoms with Crippen LogP contribution in [-0.2, 0) is 9.59 Å². The van der Waals surface area contributed by atoms with E-state index in [2.05, 4.69) is 27.4 Å². The smallest absolute Gasteiger partial charge is 0.238 e. The fraction of sp³-hybridized carbons (Fsp3) is 0.579. The van der Waals surface area contributed by atoms with Gasteiger partial charge in [-0.3, -0.25) is 19.4 Å². The van der Waals surface area contributed by atoms with Crippen LogP contribution in [0.2, 0.25) is 0 Å². The molecule has 0 bridgehead atoms. The van der Waals surface area contributed by atoms with Gasteiger partial charge in [-0.05, 0) is 37.6 Å². The topological polar surface area (TPSA) is 64.7 Å². The van der Waals surface area contributed by atoms with E-state index in [1.54, 1.807) is 12.1 Å². The minimum absolute atomic E-state index is 0.0634. The third-order valence-electron chi connectivity index (χ3n) is 4.46. The van der Waals surface area contributed by atoms with E-state index in [4.69, 9.17) is 0 Å². The van der Waals surface area contributed by atoms with Crippen molar-refractivity contribution in [1.29, 1.82) is 0 Å². The number of piperazine rings is 1. The third kappa shape index (κ3) is 7.09. The van der Waals surface area contributed by atoms with Gasteiger partial charge in [0.15, 0.2) is 0 Å².